The molecule has 0 saturated carbocycles. The second-order valence-corrected chi connectivity index (χ2v) is 8.23. The van der Waals surface area contributed by atoms with Crippen molar-refractivity contribution in [2.45, 2.75) is 31.5 Å². The molecule has 2 aliphatic rings. The zero-order chi connectivity index (χ0) is 22.0. The Balaban J connectivity index is 1.59. The number of benzene rings is 1. The van der Waals surface area contributed by atoms with Gasteiger partial charge in [0, 0.05) is 42.0 Å². The minimum Gasteiger partial charge on any atom is -0.379 e. The van der Waals surface area contributed by atoms with E-state index in [-0.39, 0.29) is 31.6 Å². The first kappa shape index (κ1) is 21.7. The number of nitrogen functional groups attached to an aromatic ring is 1. The number of hydrogen-bond donors (Lipinski definition) is 2. The molecule has 0 radical (unpaired) electrons. The number of rotatable bonds is 4. The van der Waals surface area contributed by atoms with Crippen molar-refractivity contribution >= 4 is 35.0 Å². The lowest BCUT2D eigenvalue weighted by molar-refractivity contribution is -0.127. The van der Waals surface area contributed by atoms with E-state index in [4.69, 9.17) is 26.8 Å². The number of halogens is 2. The number of nitrogens with one attached hydrogen (secondary N) is 1. The summed E-state index contributed by atoms with van der Waals surface area (Å²) in [5.74, 6) is 0.189. The quantitative estimate of drug-likeness (QED) is 0.739. The fourth-order valence-corrected chi connectivity index (χ4v) is 4.18. The predicted octanol–water partition coefficient (Wildman–Crippen LogP) is 3.06. The van der Waals surface area contributed by atoms with Crippen LogP contribution in [0.1, 0.15) is 30.1 Å². The van der Waals surface area contributed by atoms with Gasteiger partial charge in [0.25, 0.3) is 5.91 Å². The van der Waals surface area contributed by atoms with Gasteiger partial charge in [-0.25, -0.2) is 9.37 Å². The Labute approximate surface area is 184 Å². The van der Waals surface area contributed by atoms with Gasteiger partial charge in [-0.2, -0.15) is 4.98 Å². The summed E-state index contributed by atoms with van der Waals surface area (Å²) in [6.07, 6.45) is 0.867. The molecule has 3 heterocycles. The van der Waals surface area contributed by atoms with E-state index in [1.54, 1.807) is 12.1 Å². The van der Waals surface area contributed by atoms with Crippen molar-refractivity contribution in [3.05, 3.63) is 40.5 Å². The number of amides is 1. The van der Waals surface area contributed by atoms with Crippen LogP contribution in [0.3, 0.4) is 0 Å². The normalized spacial score (nSPS) is 24.1. The van der Waals surface area contributed by atoms with Crippen LogP contribution in [0.5, 0.6) is 0 Å². The molecule has 2 aromatic rings. The highest BCUT2D eigenvalue weighted by atomic mass is 35.5. The molecule has 2 atom stereocenters. The van der Waals surface area contributed by atoms with Gasteiger partial charge in [0.2, 0.25) is 11.6 Å². The predicted molar refractivity (Wildman–Crippen MR) is 116 cm³/mol. The molecule has 1 aromatic heterocycles. The maximum absolute atomic E-state index is 14.6. The van der Waals surface area contributed by atoms with Crippen LogP contribution in [0.4, 0.5) is 21.8 Å². The first-order chi connectivity index (χ1) is 14.9. The molecule has 3 N–H and O–H groups in total. The number of hydrogen-bond acceptors (Lipinski definition) is 7. The molecule has 0 bridgehead atoms. The molecule has 0 spiro atoms. The minimum atomic E-state index is -2.01. The van der Waals surface area contributed by atoms with Crippen LogP contribution >= 0.6 is 11.6 Å². The third kappa shape index (κ3) is 4.73. The number of carbonyl (C=O) groups is 1. The van der Waals surface area contributed by atoms with E-state index in [0.717, 1.165) is 17.7 Å². The Bertz CT molecular complexity index is 950. The van der Waals surface area contributed by atoms with Crippen molar-refractivity contribution in [2.75, 3.05) is 48.9 Å². The van der Waals surface area contributed by atoms with Gasteiger partial charge in [-0.05, 0) is 31.0 Å². The molecular weight excluding hydrogens is 425 g/mol. The lowest BCUT2D eigenvalue weighted by atomic mass is 10.0. The number of anilines is 3. The summed E-state index contributed by atoms with van der Waals surface area (Å²) in [7, 11) is 0. The number of alkyl halides is 1. The Morgan fingerprint density at radius 2 is 2.16 bits per heavy atom. The number of ether oxygens (including phenoxy) is 2. The van der Waals surface area contributed by atoms with Gasteiger partial charge in [-0.15, -0.1) is 0 Å². The molecule has 2 aliphatic heterocycles. The van der Waals surface area contributed by atoms with Crippen molar-refractivity contribution in [1.82, 2.24) is 9.97 Å². The molecular formula is C21H25ClFN5O3. The third-order valence-corrected chi connectivity index (χ3v) is 5.82. The average Bonchev–Trinajstić information content (AvgIpc) is 3.02. The maximum atomic E-state index is 14.6. The van der Waals surface area contributed by atoms with Crippen molar-refractivity contribution in [3.63, 3.8) is 0 Å². The fourth-order valence-electron chi connectivity index (χ4n) is 3.87. The van der Waals surface area contributed by atoms with Crippen LogP contribution in [0.25, 0.3) is 0 Å². The zero-order valence-corrected chi connectivity index (χ0v) is 18.0. The topological polar surface area (TPSA) is 103 Å². The van der Waals surface area contributed by atoms with Gasteiger partial charge < -0.3 is 25.4 Å². The van der Waals surface area contributed by atoms with Gasteiger partial charge in [-0.3, -0.25) is 4.79 Å². The van der Waals surface area contributed by atoms with E-state index in [1.807, 2.05) is 19.1 Å². The molecule has 1 unspecified atom stereocenters. The van der Waals surface area contributed by atoms with Crippen molar-refractivity contribution in [1.29, 1.82) is 0 Å². The molecule has 2 fully saturated rings. The molecule has 31 heavy (non-hydrogen) atoms. The number of aryl methyl sites for hydroxylation is 1. The molecule has 166 valence electrons. The second-order valence-electron chi connectivity index (χ2n) is 7.82. The van der Waals surface area contributed by atoms with E-state index >= 15 is 0 Å². The Hall–Kier alpha value is -2.49. The highest BCUT2D eigenvalue weighted by molar-refractivity contribution is 6.31. The van der Waals surface area contributed by atoms with Gasteiger partial charge in [0.15, 0.2) is 0 Å². The smallest absolute Gasteiger partial charge is 0.264 e. The molecule has 1 amide bonds. The summed E-state index contributed by atoms with van der Waals surface area (Å²) < 4.78 is 25.4. The zero-order valence-electron chi connectivity index (χ0n) is 17.2. The average molecular weight is 450 g/mol. The molecule has 2 saturated heterocycles. The minimum absolute atomic E-state index is 0.0422. The molecule has 10 heteroatoms. The van der Waals surface area contributed by atoms with E-state index in [1.165, 1.54) is 0 Å². The summed E-state index contributed by atoms with van der Waals surface area (Å²) >= 11 is 6.60. The van der Waals surface area contributed by atoms with Crippen molar-refractivity contribution in [2.24, 2.45) is 0 Å². The first-order valence-corrected chi connectivity index (χ1v) is 10.6. The van der Waals surface area contributed by atoms with Crippen LogP contribution in [0, 0.1) is 6.92 Å². The Morgan fingerprint density at radius 1 is 1.32 bits per heavy atom. The Kier molecular flexibility index (Phi) is 6.27. The van der Waals surface area contributed by atoms with Gasteiger partial charge in [0.1, 0.15) is 5.82 Å². The monoisotopic (exact) mass is 449 g/mol. The van der Waals surface area contributed by atoms with Crippen LogP contribution in [-0.2, 0) is 14.3 Å². The Morgan fingerprint density at radius 3 is 2.87 bits per heavy atom. The lowest BCUT2D eigenvalue weighted by Gasteiger charge is -2.31. The first-order valence-electron chi connectivity index (χ1n) is 10.2. The standard InChI is InChI=1S/C21H25ClFN5O3/c1-13-9-18(27-20(24)25-13)28-6-2-7-30-11-17(28)15-4-3-14(10-16(15)22)26-19(29)21(23)5-8-31-12-21/h3-4,9-10,17H,2,5-8,11-12H2,1H3,(H,26,29)(H2,24,25,27)/t17-,21?/m1/s1. The number of nitrogens with zero attached hydrogens (tertiary/aromatic N) is 3. The fraction of sp³-hybridized carbons (Fsp3) is 0.476. The largest absolute Gasteiger partial charge is 0.379 e. The number of aromatic nitrogens is 2. The molecule has 8 nitrogen and oxygen atoms in total. The van der Waals surface area contributed by atoms with Crippen molar-refractivity contribution < 1.29 is 18.7 Å². The van der Waals surface area contributed by atoms with Gasteiger partial charge in [-0.1, -0.05) is 17.7 Å². The second kappa shape index (κ2) is 8.94. The summed E-state index contributed by atoms with van der Waals surface area (Å²) in [5.41, 5.74) is 5.86. The SMILES string of the molecule is Cc1cc(N2CCCOC[C@@H]2c2ccc(NC(=O)C3(F)CCOC3)cc2Cl)nc(N)n1. The summed E-state index contributed by atoms with van der Waals surface area (Å²) in [6, 6.07) is 6.82. The molecule has 0 aliphatic carbocycles. The van der Waals surface area contributed by atoms with Crippen LogP contribution in [0.2, 0.25) is 5.02 Å². The molecule has 1 aromatic carbocycles. The van der Waals surface area contributed by atoms with Crippen molar-refractivity contribution in [3.8, 4) is 0 Å². The summed E-state index contributed by atoms with van der Waals surface area (Å²) in [6.45, 7) is 3.61. The number of nitrogens with two attached hydrogens (primary N) is 1. The highest BCUT2D eigenvalue weighted by Crippen LogP contribution is 2.35. The van der Waals surface area contributed by atoms with Gasteiger partial charge >= 0.3 is 0 Å². The van der Waals surface area contributed by atoms with Gasteiger partial charge in [0.05, 0.1) is 25.9 Å². The van der Waals surface area contributed by atoms with Crippen LogP contribution < -0.4 is 16.0 Å². The number of carbonyl (C=O) groups excluding carboxylic acids is 1. The maximum Gasteiger partial charge on any atom is 0.264 e. The third-order valence-electron chi connectivity index (χ3n) is 5.49. The van der Waals surface area contributed by atoms with Crippen LogP contribution in [-0.4, -0.2) is 54.5 Å². The van der Waals surface area contributed by atoms with E-state index < -0.39 is 11.6 Å². The highest BCUT2D eigenvalue weighted by Gasteiger charge is 2.42. The summed E-state index contributed by atoms with van der Waals surface area (Å²) in [5, 5.41) is 3.04. The van der Waals surface area contributed by atoms with Crippen LogP contribution in [0.15, 0.2) is 24.3 Å². The van der Waals surface area contributed by atoms with E-state index in [2.05, 4.69) is 20.2 Å². The summed E-state index contributed by atoms with van der Waals surface area (Å²) in [4.78, 5) is 23.0. The molecule has 4 rings (SSSR count). The van der Waals surface area contributed by atoms with E-state index in [0.29, 0.717) is 36.3 Å². The lowest BCUT2D eigenvalue weighted by Crippen LogP contribution is -2.39. The van der Waals surface area contributed by atoms with E-state index in [9.17, 15) is 9.18 Å².